The number of pyridine rings is 1. The van der Waals surface area contributed by atoms with Gasteiger partial charge in [0.25, 0.3) is 5.91 Å². The molecule has 0 saturated carbocycles. The molecule has 0 aromatic carbocycles. The lowest BCUT2D eigenvalue weighted by Crippen LogP contribution is -2.51. The molecule has 0 aliphatic carbocycles. The molecule has 0 spiro atoms. The van der Waals surface area contributed by atoms with Gasteiger partial charge in [0.15, 0.2) is 0 Å². The third-order valence-corrected chi connectivity index (χ3v) is 6.47. The predicted molar refractivity (Wildman–Crippen MR) is 132 cm³/mol. The number of carbonyl (C=O) groups excluding carboxylic acids is 2. The van der Waals surface area contributed by atoms with Crippen LogP contribution in [0.1, 0.15) is 49.5 Å². The van der Waals surface area contributed by atoms with E-state index in [1.807, 2.05) is 13.8 Å². The summed E-state index contributed by atoms with van der Waals surface area (Å²) in [6.45, 7) is 9.56. The number of carbonyl (C=O) groups is 2. The number of unbranched alkanes of at least 4 members (excludes halogenated alkanes) is 1. The first-order chi connectivity index (χ1) is 16.8. The fourth-order valence-electron chi connectivity index (χ4n) is 4.12. The third-order valence-electron chi connectivity index (χ3n) is 6.47. The largest absolute Gasteiger partial charge is 0.472 e. The second-order valence-corrected chi connectivity index (χ2v) is 9.41. The van der Waals surface area contributed by atoms with E-state index in [0.29, 0.717) is 44.0 Å². The molecule has 3 atom stereocenters. The Morgan fingerprint density at radius 3 is 2.80 bits per heavy atom. The van der Waals surface area contributed by atoms with Crippen LogP contribution in [-0.2, 0) is 9.53 Å². The highest BCUT2D eigenvalue weighted by atomic mass is 16.5. The second-order valence-electron chi connectivity index (χ2n) is 9.41. The Bertz CT molecular complexity index is 937. The van der Waals surface area contributed by atoms with Crippen molar-refractivity contribution in [2.24, 2.45) is 5.92 Å². The molecule has 2 aliphatic rings. The van der Waals surface area contributed by atoms with Crippen molar-refractivity contribution in [3.8, 4) is 17.7 Å². The number of hydrogen-bond acceptors (Lipinski definition) is 7. The summed E-state index contributed by atoms with van der Waals surface area (Å²) in [5.41, 5.74) is 0.974. The Morgan fingerprint density at radius 2 is 2.11 bits per heavy atom. The molecule has 1 saturated heterocycles. The minimum Gasteiger partial charge on any atom is -0.472 e. The number of amides is 2. The fourth-order valence-corrected chi connectivity index (χ4v) is 4.12. The van der Waals surface area contributed by atoms with Gasteiger partial charge in [0.2, 0.25) is 11.8 Å². The van der Waals surface area contributed by atoms with Crippen LogP contribution in [0.2, 0.25) is 0 Å². The minimum absolute atomic E-state index is 0.0103. The van der Waals surface area contributed by atoms with E-state index >= 15 is 0 Å². The van der Waals surface area contributed by atoms with E-state index in [4.69, 9.17) is 9.47 Å². The second kappa shape index (κ2) is 12.9. The number of nitrogens with zero attached hydrogens (tertiary/aromatic N) is 4. The summed E-state index contributed by atoms with van der Waals surface area (Å²) in [5.74, 6) is 6.05. The van der Waals surface area contributed by atoms with E-state index in [1.54, 1.807) is 29.1 Å². The van der Waals surface area contributed by atoms with Crippen LogP contribution in [0.25, 0.3) is 0 Å². The van der Waals surface area contributed by atoms with Crippen LogP contribution in [0.15, 0.2) is 12.3 Å². The van der Waals surface area contributed by atoms with Crippen molar-refractivity contribution in [2.45, 2.75) is 45.8 Å². The first-order valence-electron chi connectivity index (χ1n) is 12.5. The number of aromatic nitrogens is 1. The Kier molecular flexibility index (Phi) is 9.90. The summed E-state index contributed by atoms with van der Waals surface area (Å²) in [5, 5.41) is 9.81. The van der Waals surface area contributed by atoms with Crippen LogP contribution in [0, 0.1) is 17.8 Å². The molecule has 0 bridgehead atoms. The summed E-state index contributed by atoms with van der Waals surface area (Å²) < 4.78 is 11.6. The van der Waals surface area contributed by atoms with Crippen molar-refractivity contribution < 1.29 is 24.2 Å². The molecule has 192 valence electrons. The van der Waals surface area contributed by atoms with Gasteiger partial charge >= 0.3 is 0 Å². The van der Waals surface area contributed by atoms with Gasteiger partial charge in [-0.25, -0.2) is 4.98 Å². The van der Waals surface area contributed by atoms with Crippen LogP contribution < -0.4 is 4.74 Å². The zero-order valence-electron chi connectivity index (χ0n) is 21.3. The molecule has 1 aromatic rings. The predicted octanol–water partition coefficient (Wildman–Crippen LogP) is 1.24. The number of hydrogen-bond donors (Lipinski definition) is 1. The molecule has 3 heterocycles. The number of rotatable bonds is 7. The quantitative estimate of drug-likeness (QED) is 0.580. The van der Waals surface area contributed by atoms with Gasteiger partial charge in [0.05, 0.1) is 39.0 Å². The smallest absolute Gasteiger partial charge is 0.259 e. The first-order valence-corrected chi connectivity index (χ1v) is 12.5. The summed E-state index contributed by atoms with van der Waals surface area (Å²) in [6.07, 6.45) is 2.95. The lowest BCUT2D eigenvalue weighted by Gasteiger charge is -2.38. The summed E-state index contributed by atoms with van der Waals surface area (Å²) in [6, 6.07) is 1.34. The molecular weight excluding hydrogens is 448 g/mol. The number of fused-ring (bicyclic) bond motifs is 1. The van der Waals surface area contributed by atoms with Gasteiger partial charge in [-0.05, 0) is 19.4 Å². The maximum absolute atomic E-state index is 13.4. The van der Waals surface area contributed by atoms with Crippen molar-refractivity contribution in [1.29, 1.82) is 0 Å². The minimum atomic E-state index is -0.376. The summed E-state index contributed by atoms with van der Waals surface area (Å²) in [4.78, 5) is 36.2. The number of likely N-dealkylation sites (N-methyl/N-ethyl adjacent to an activating group) is 1. The molecule has 3 rings (SSSR count). The van der Waals surface area contributed by atoms with Gasteiger partial charge in [-0.15, -0.1) is 0 Å². The normalized spacial score (nSPS) is 21.6. The number of ether oxygens (including phenoxy) is 2. The first kappa shape index (κ1) is 26.9. The third kappa shape index (κ3) is 7.17. The molecule has 0 unspecified atom stereocenters. The van der Waals surface area contributed by atoms with Gasteiger partial charge in [-0.1, -0.05) is 25.7 Å². The standard InChI is InChI=1S/C26H38N4O5/c1-5-6-7-8-21-13-22-25(27-14-21)35-23(19(2)15-30(26(22)33)20(3)18-31)16-28(4)24(32)17-29-9-11-34-12-10-29/h13-14,19-20,23,31H,5-6,9-12,15-18H2,1-4H3/t19-,20+,23+/m1/s1. The zero-order valence-corrected chi connectivity index (χ0v) is 21.3. The summed E-state index contributed by atoms with van der Waals surface area (Å²) in [7, 11) is 1.78. The molecule has 0 radical (unpaired) electrons. The van der Waals surface area contributed by atoms with Gasteiger partial charge < -0.3 is 24.4 Å². The topological polar surface area (TPSA) is 95.4 Å². The highest BCUT2D eigenvalue weighted by Gasteiger charge is 2.34. The summed E-state index contributed by atoms with van der Waals surface area (Å²) >= 11 is 0. The van der Waals surface area contributed by atoms with Crippen LogP contribution in [-0.4, -0.2) is 108 Å². The number of aliphatic hydroxyl groups excluding tert-OH is 1. The average Bonchev–Trinajstić information content (AvgIpc) is 2.86. The zero-order chi connectivity index (χ0) is 25.4. The van der Waals surface area contributed by atoms with E-state index in [-0.39, 0.29) is 42.4 Å². The lowest BCUT2D eigenvalue weighted by molar-refractivity contribution is -0.133. The van der Waals surface area contributed by atoms with E-state index in [2.05, 4.69) is 28.6 Å². The molecule has 2 amide bonds. The van der Waals surface area contributed by atoms with Gasteiger partial charge in [-0.3, -0.25) is 14.5 Å². The molecule has 2 aliphatic heterocycles. The number of morpholine rings is 1. The van der Waals surface area contributed by atoms with Crippen molar-refractivity contribution in [3.05, 3.63) is 23.4 Å². The van der Waals surface area contributed by atoms with E-state index in [1.165, 1.54) is 0 Å². The Balaban J connectivity index is 1.83. The van der Waals surface area contributed by atoms with Gasteiger partial charge in [-0.2, -0.15) is 0 Å². The molecule has 9 heteroatoms. The maximum atomic E-state index is 13.4. The van der Waals surface area contributed by atoms with E-state index in [0.717, 1.165) is 25.9 Å². The Labute approximate surface area is 208 Å². The van der Waals surface area contributed by atoms with E-state index < -0.39 is 0 Å². The Morgan fingerprint density at radius 1 is 1.37 bits per heavy atom. The average molecular weight is 487 g/mol. The highest BCUT2D eigenvalue weighted by molar-refractivity contribution is 5.97. The highest BCUT2D eigenvalue weighted by Crippen LogP contribution is 2.27. The van der Waals surface area contributed by atoms with Crippen LogP contribution in [0.4, 0.5) is 0 Å². The molecule has 1 aromatic heterocycles. The molecule has 1 fully saturated rings. The molecular formula is C26H38N4O5. The van der Waals surface area contributed by atoms with Crippen molar-refractivity contribution in [1.82, 2.24) is 19.7 Å². The fraction of sp³-hybridized carbons (Fsp3) is 0.654. The van der Waals surface area contributed by atoms with Crippen molar-refractivity contribution in [2.75, 3.05) is 59.6 Å². The van der Waals surface area contributed by atoms with Crippen molar-refractivity contribution in [3.63, 3.8) is 0 Å². The Hall–Kier alpha value is -2.67. The monoisotopic (exact) mass is 486 g/mol. The van der Waals surface area contributed by atoms with Crippen molar-refractivity contribution >= 4 is 11.8 Å². The molecule has 1 N–H and O–H groups in total. The maximum Gasteiger partial charge on any atom is 0.259 e. The van der Waals surface area contributed by atoms with Gasteiger partial charge in [0.1, 0.15) is 11.7 Å². The molecule has 9 nitrogen and oxygen atoms in total. The number of aliphatic hydroxyl groups is 1. The van der Waals surface area contributed by atoms with Crippen LogP contribution >= 0.6 is 0 Å². The van der Waals surface area contributed by atoms with Crippen LogP contribution in [0.5, 0.6) is 5.88 Å². The molecule has 35 heavy (non-hydrogen) atoms. The lowest BCUT2D eigenvalue weighted by atomic mass is 10.00. The van der Waals surface area contributed by atoms with Crippen LogP contribution in [0.3, 0.4) is 0 Å². The van der Waals surface area contributed by atoms with E-state index in [9.17, 15) is 14.7 Å². The van der Waals surface area contributed by atoms with Gasteiger partial charge in [0, 0.05) is 50.8 Å². The SMILES string of the molecule is CCCC#Cc1cnc2c(c1)C(=O)N([C@@H](C)CO)C[C@@H](C)[C@H](CN(C)C(=O)CN1CCOCC1)O2.